The molecule has 7 heteroatoms. The van der Waals surface area contributed by atoms with Gasteiger partial charge >= 0.3 is 0 Å². The Bertz CT molecular complexity index is 817. The van der Waals surface area contributed by atoms with Gasteiger partial charge in [0.2, 0.25) is 11.8 Å². The smallest absolute Gasteiger partial charge is 0.244 e. The Kier molecular flexibility index (Phi) is 6.03. The molecule has 0 saturated heterocycles. The van der Waals surface area contributed by atoms with Gasteiger partial charge < -0.3 is 10.2 Å². The third kappa shape index (κ3) is 4.71. The first-order valence-corrected chi connectivity index (χ1v) is 8.24. The van der Waals surface area contributed by atoms with E-state index in [0.717, 1.165) is 17.2 Å². The molecule has 0 aromatic heterocycles. The molecular formula is C18H17Cl2FN2O2. The highest BCUT2D eigenvalue weighted by Gasteiger charge is 2.21. The van der Waals surface area contributed by atoms with Crippen LogP contribution in [0.3, 0.4) is 0 Å². The minimum absolute atomic E-state index is 0.0985. The summed E-state index contributed by atoms with van der Waals surface area (Å²) in [5.74, 6) is -1.35. The van der Waals surface area contributed by atoms with Crippen LogP contribution in [0, 0.1) is 19.7 Å². The Morgan fingerprint density at radius 3 is 2.36 bits per heavy atom. The van der Waals surface area contributed by atoms with Crippen molar-refractivity contribution in [2.75, 3.05) is 16.8 Å². The van der Waals surface area contributed by atoms with E-state index in [1.807, 2.05) is 19.9 Å². The van der Waals surface area contributed by atoms with Crippen LogP contribution in [0.4, 0.5) is 15.8 Å². The highest BCUT2D eigenvalue weighted by atomic mass is 35.5. The van der Waals surface area contributed by atoms with Crippen molar-refractivity contribution in [2.24, 2.45) is 0 Å². The summed E-state index contributed by atoms with van der Waals surface area (Å²) in [5, 5.41) is 2.88. The van der Waals surface area contributed by atoms with E-state index in [1.165, 1.54) is 24.0 Å². The molecule has 0 spiro atoms. The first-order valence-electron chi connectivity index (χ1n) is 7.48. The summed E-state index contributed by atoms with van der Waals surface area (Å²) in [6, 6.07) is 7.46. The minimum Gasteiger partial charge on any atom is -0.324 e. The van der Waals surface area contributed by atoms with Crippen molar-refractivity contribution in [2.45, 2.75) is 20.8 Å². The van der Waals surface area contributed by atoms with Crippen LogP contribution < -0.4 is 10.2 Å². The number of nitrogens with zero attached hydrogens (tertiary/aromatic N) is 1. The van der Waals surface area contributed by atoms with Crippen molar-refractivity contribution < 1.29 is 14.0 Å². The first kappa shape index (κ1) is 19.2. The van der Waals surface area contributed by atoms with Gasteiger partial charge in [-0.1, -0.05) is 29.3 Å². The summed E-state index contributed by atoms with van der Waals surface area (Å²) in [6.45, 7) is 4.85. The van der Waals surface area contributed by atoms with E-state index in [9.17, 15) is 14.0 Å². The van der Waals surface area contributed by atoms with E-state index in [0.29, 0.717) is 16.4 Å². The molecule has 0 atom stereocenters. The Morgan fingerprint density at radius 1 is 1.12 bits per heavy atom. The number of halogens is 3. The molecule has 1 N–H and O–H groups in total. The SMILES string of the molecule is CC(=O)N(CC(=O)Nc1ccc(F)c(Cl)c1)c1c(C)cc(C)cc1Cl. The summed E-state index contributed by atoms with van der Waals surface area (Å²) in [6.07, 6.45) is 0. The van der Waals surface area contributed by atoms with Crippen LogP contribution in [-0.4, -0.2) is 18.4 Å². The Balaban J connectivity index is 2.23. The number of nitrogens with one attached hydrogen (secondary N) is 1. The van der Waals surface area contributed by atoms with Gasteiger partial charge in [-0.05, 0) is 49.2 Å². The summed E-state index contributed by atoms with van der Waals surface area (Å²) >= 11 is 12.0. The predicted molar refractivity (Wildman–Crippen MR) is 99.0 cm³/mol. The largest absolute Gasteiger partial charge is 0.324 e. The van der Waals surface area contributed by atoms with Gasteiger partial charge in [0.05, 0.1) is 15.7 Å². The fraction of sp³-hybridized carbons (Fsp3) is 0.222. The molecule has 2 aromatic carbocycles. The molecule has 0 aliphatic heterocycles. The van der Waals surface area contributed by atoms with Gasteiger partial charge in [0.15, 0.2) is 0 Å². The number of hydrogen-bond donors (Lipinski definition) is 1. The number of anilines is 2. The zero-order valence-electron chi connectivity index (χ0n) is 14.0. The number of carbonyl (C=O) groups excluding carboxylic acids is 2. The van der Waals surface area contributed by atoms with Gasteiger partial charge in [-0.2, -0.15) is 0 Å². The molecule has 132 valence electrons. The Labute approximate surface area is 155 Å². The molecule has 25 heavy (non-hydrogen) atoms. The van der Waals surface area contributed by atoms with Gasteiger partial charge in [-0.3, -0.25) is 9.59 Å². The second kappa shape index (κ2) is 7.85. The lowest BCUT2D eigenvalue weighted by Gasteiger charge is -2.24. The van der Waals surface area contributed by atoms with Gasteiger partial charge in [-0.15, -0.1) is 0 Å². The quantitative estimate of drug-likeness (QED) is 0.829. The summed E-state index contributed by atoms with van der Waals surface area (Å²) in [4.78, 5) is 25.6. The van der Waals surface area contributed by atoms with E-state index < -0.39 is 11.7 Å². The molecule has 2 aromatic rings. The molecule has 0 aliphatic carbocycles. The maximum Gasteiger partial charge on any atom is 0.244 e. The maximum absolute atomic E-state index is 13.2. The molecule has 0 fully saturated rings. The van der Waals surface area contributed by atoms with Gasteiger partial charge in [0.1, 0.15) is 12.4 Å². The van der Waals surface area contributed by atoms with Gasteiger partial charge in [0.25, 0.3) is 0 Å². The van der Waals surface area contributed by atoms with Crippen LogP contribution in [0.25, 0.3) is 0 Å². The average Bonchev–Trinajstić information content (AvgIpc) is 2.48. The highest BCUT2D eigenvalue weighted by Crippen LogP contribution is 2.31. The van der Waals surface area contributed by atoms with Crippen LogP contribution in [0.1, 0.15) is 18.1 Å². The fourth-order valence-electron chi connectivity index (χ4n) is 2.52. The van der Waals surface area contributed by atoms with Crippen molar-refractivity contribution in [3.05, 3.63) is 57.3 Å². The molecule has 0 saturated carbocycles. The van der Waals surface area contributed by atoms with Crippen LogP contribution in [0.15, 0.2) is 30.3 Å². The van der Waals surface area contributed by atoms with E-state index in [-0.39, 0.29) is 17.5 Å². The topological polar surface area (TPSA) is 49.4 Å². The maximum atomic E-state index is 13.2. The van der Waals surface area contributed by atoms with Crippen molar-refractivity contribution >= 4 is 46.4 Å². The fourth-order valence-corrected chi connectivity index (χ4v) is 3.12. The third-order valence-corrected chi connectivity index (χ3v) is 4.13. The molecule has 4 nitrogen and oxygen atoms in total. The standard InChI is InChI=1S/C18H17Cl2FN2O2/c1-10-6-11(2)18(15(20)7-10)23(12(3)24)9-17(25)22-13-4-5-16(21)14(19)8-13/h4-8H,9H2,1-3H3,(H,22,25). The van der Waals surface area contributed by atoms with Crippen molar-refractivity contribution in [3.63, 3.8) is 0 Å². The lowest BCUT2D eigenvalue weighted by Crippen LogP contribution is -2.37. The molecule has 0 heterocycles. The molecule has 0 bridgehead atoms. The molecule has 0 aliphatic rings. The number of carbonyl (C=O) groups is 2. The zero-order chi connectivity index (χ0) is 18.7. The summed E-state index contributed by atoms with van der Waals surface area (Å²) in [5.41, 5.74) is 2.58. The number of amides is 2. The van der Waals surface area contributed by atoms with E-state index in [2.05, 4.69) is 5.32 Å². The lowest BCUT2D eigenvalue weighted by atomic mass is 10.1. The Hall–Kier alpha value is -2.11. The minimum atomic E-state index is -0.577. The first-order chi connectivity index (χ1) is 11.7. The van der Waals surface area contributed by atoms with Crippen LogP contribution in [-0.2, 0) is 9.59 Å². The molecule has 2 amide bonds. The van der Waals surface area contributed by atoms with E-state index in [4.69, 9.17) is 23.2 Å². The van der Waals surface area contributed by atoms with Crippen LogP contribution in [0.5, 0.6) is 0 Å². The number of aryl methyl sites for hydroxylation is 2. The molecular weight excluding hydrogens is 366 g/mol. The monoisotopic (exact) mass is 382 g/mol. The normalized spacial score (nSPS) is 10.5. The molecule has 2 rings (SSSR count). The Morgan fingerprint density at radius 2 is 1.80 bits per heavy atom. The molecule has 0 radical (unpaired) electrons. The number of rotatable bonds is 4. The van der Waals surface area contributed by atoms with Crippen LogP contribution in [0.2, 0.25) is 10.0 Å². The van der Waals surface area contributed by atoms with E-state index >= 15 is 0 Å². The van der Waals surface area contributed by atoms with Crippen molar-refractivity contribution in [1.29, 1.82) is 0 Å². The van der Waals surface area contributed by atoms with Gasteiger partial charge in [0, 0.05) is 12.6 Å². The van der Waals surface area contributed by atoms with Crippen molar-refractivity contribution in [3.8, 4) is 0 Å². The highest BCUT2D eigenvalue weighted by molar-refractivity contribution is 6.34. The third-order valence-electron chi connectivity index (χ3n) is 3.55. The summed E-state index contributed by atoms with van der Waals surface area (Å²) < 4.78 is 13.2. The number of benzene rings is 2. The molecule has 0 unspecified atom stereocenters. The predicted octanol–water partition coefficient (Wildman–Crippen LogP) is 4.74. The number of hydrogen-bond acceptors (Lipinski definition) is 2. The lowest BCUT2D eigenvalue weighted by molar-refractivity contribution is -0.120. The average molecular weight is 383 g/mol. The second-order valence-corrected chi connectivity index (χ2v) is 6.51. The second-order valence-electron chi connectivity index (χ2n) is 5.69. The van der Waals surface area contributed by atoms with E-state index in [1.54, 1.807) is 6.07 Å². The zero-order valence-corrected chi connectivity index (χ0v) is 15.5. The summed E-state index contributed by atoms with van der Waals surface area (Å²) in [7, 11) is 0. The van der Waals surface area contributed by atoms with Crippen molar-refractivity contribution in [1.82, 2.24) is 0 Å². The van der Waals surface area contributed by atoms with Gasteiger partial charge in [-0.25, -0.2) is 4.39 Å². The van der Waals surface area contributed by atoms with Crippen LogP contribution >= 0.6 is 23.2 Å².